The van der Waals surface area contributed by atoms with Crippen molar-refractivity contribution in [2.45, 2.75) is 25.7 Å². The number of hydrogen-bond acceptors (Lipinski definition) is 5. The molecule has 1 fully saturated rings. The Balaban J connectivity index is 1.31. The Bertz CT molecular complexity index is 1110. The minimum absolute atomic E-state index is 0.261. The molecule has 0 aliphatic carbocycles. The van der Waals surface area contributed by atoms with Crippen molar-refractivity contribution in [2.24, 2.45) is 0 Å². The van der Waals surface area contributed by atoms with Crippen LogP contribution in [0.25, 0.3) is 22.4 Å². The van der Waals surface area contributed by atoms with Crippen molar-refractivity contribution in [1.29, 1.82) is 0 Å². The van der Waals surface area contributed by atoms with Gasteiger partial charge in [0.05, 0.1) is 5.39 Å². The number of nitrogens with one attached hydrogen (secondary N) is 2. The maximum absolute atomic E-state index is 13.1. The lowest BCUT2D eigenvalue weighted by atomic mass is 9.96. The molecule has 1 saturated heterocycles. The van der Waals surface area contributed by atoms with Crippen molar-refractivity contribution in [1.82, 2.24) is 30.1 Å². The molecule has 0 bridgehead atoms. The minimum Gasteiger partial charge on any atom is -0.356 e. The zero-order valence-electron chi connectivity index (χ0n) is 15.5. The topological polar surface area (TPSA) is 86.4 Å². The molecule has 28 heavy (non-hydrogen) atoms. The summed E-state index contributed by atoms with van der Waals surface area (Å²) in [4.78, 5) is 19.1. The normalized spacial score (nSPS) is 15.4. The van der Waals surface area contributed by atoms with Gasteiger partial charge in [-0.05, 0) is 50.1 Å². The lowest BCUT2D eigenvalue weighted by Crippen LogP contribution is -2.33. The van der Waals surface area contributed by atoms with Gasteiger partial charge in [0.1, 0.15) is 29.4 Å². The number of benzene rings is 1. The molecule has 3 aromatic heterocycles. The van der Waals surface area contributed by atoms with E-state index in [0.29, 0.717) is 11.7 Å². The molecule has 4 heterocycles. The Morgan fingerprint density at radius 3 is 2.68 bits per heavy atom. The number of halogens is 1. The van der Waals surface area contributed by atoms with Gasteiger partial charge in [0.25, 0.3) is 0 Å². The summed E-state index contributed by atoms with van der Waals surface area (Å²) >= 11 is 0. The van der Waals surface area contributed by atoms with Crippen LogP contribution in [0.5, 0.6) is 0 Å². The first-order valence-electron chi connectivity index (χ1n) is 9.41. The van der Waals surface area contributed by atoms with Crippen molar-refractivity contribution >= 4 is 16.9 Å². The van der Waals surface area contributed by atoms with Crippen molar-refractivity contribution in [3.63, 3.8) is 0 Å². The molecule has 0 amide bonds. The van der Waals surface area contributed by atoms with Crippen molar-refractivity contribution in [3.8, 4) is 11.4 Å². The van der Waals surface area contributed by atoms with Gasteiger partial charge in [0.2, 0.25) is 0 Å². The fraction of sp³-hybridized carbons (Fsp3) is 0.300. The predicted molar refractivity (Wildman–Crippen MR) is 105 cm³/mol. The van der Waals surface area contributed by atoms with Gasteiger partial charge in [-0.15, -0.1) is 0 Å². The molecule has 0 unspecified atom stereocenters. The molecular weight excluding hydrogens is 357 g/mol. The van der Waals surface area contributed by atoms with Crippen molar-refractivity contribution < 1.29 is 4.39 Å². The van der Waals surface area contributed by atoms with E-state index in [1.165, 1.54) is 12.1 Å². The van der Waals surface area contributed by atoms with Crippen LogP contribution in [0.4, 0.5) is 10.2 Å². The number of aromatic amines is 2. The lowest BCUT2D eigenvalue weighted by molar-refractivity contribution is 0.485. The van der Waals surface area contributed by atoms with Crippen LogP contribution in [-0.4, -0.2) is 43.2 Å². The van der Waals surface area contributed by atoms with Gasteiger partial charge >= 0.3 is 0 Å². The molecule has 142 valence electrons. The van der Waals surface area contributed by atoms with E-state index in [-0.39, 0.29) is 5.82 Å². The van der Waals surface area contributed by atoms with Crippen LogP contribution < -0.4 is 4.90 Å². The Morgan fingerprint density at radius 2 is 1.89 bits per heavy atom. The summed E-state index contributed by atoms with van der Waals surface area (Å²) in [7, 11) is 0. The van der Waals surface area contributed by atoms with E-state index in [4.69, 9.17) is 0 Å². The first-order valence-corrected chi connectivity index (χ1v) is 9.41. The van der Waals surface area contributed by atoms with E-state index >= 15 is 0 Å². The second-order valence-corrected chi connectivity index (χ2v) is 7.22. The third-order valence-corrected chi connectivity index (χ3v) is 5.33. The zero-order valence-corrected chi connectivity index (χ0v) is 15.5. The molecule has 7 nitrogen and oxygen atoms in total. The smallest absolute Gasteiger partial charge is 0.181 e. The molecule has 4 aromatic rings. The average molecular weight is 377 g/mol. The van der Waals surface area contributed by atoms with Crippen molar-refractivity contribution in [2.75, 3.05) is 18.0 Å². The number of nitrogens with zero attached hydrogens (tertiary/aromatic N) is 5. The van der Waals surface area contributed by atoms with E-state index in [2.05, 4.69) is 41.1 Å². The molecule has 0 atom stereocenters. The standard InChI is InChI=1S/C20H20FN7/c1-12-10-16-19(24-12)22-11-23-20(16)28-8-6-14(7-9-28)18-25-17(26-27-18)13-2-4-15(21)5-3-13/h2-5,10-11,14H,6-9H2,1H3,(H,22,23,24)(H,25,26,27). The molecule has 0 saturated carbocycles. The summed E-state index contributed by atoms with van der Waals surface area (Å²) in [5, 5.41) is 8.45. The summed E-state index contributed by atoms with van der Waals surface area (Å²) in [6.45, 7) is 3.82. The van der Waals surface area contributed by atoms with Crippen LogP contribution in [0.15, 0.2) is 36.7 Å². The van der Waals surface area contributed by atoms with Gasteiger partial charge in [0, 0.05) is 30.3 Å². The number of fused-ring (bicyclic) bond motifs is 1. The summed E-state index contributed by atoms with van der Waals surface area (Å²) in [6.07, 6.45) is 3.55. The van der Waals surface area contributed by atoms with Gasteiger partial charge in [0.15, 0.2) is 5.82 Å². The third kappa shape index (κ3) is 3.00. The Labute approximate surface area is 161 Å². The SMILES string of the molecule is Cc1cc2c(N3CCC(c4nc(-c5ccc(F)cc5)n[nH]4)CC3)ncnc2[nH]1. The summed E-state index contributed by atoms with van der Waals surface area (Å²) in [5.74, 6) is 2.55. The zero-order chi connectivity index (χ0) is 19.1. The molecule has 0 radical (unpaired) electrons. The maximum Gasteiger partial charge on any atom is 0.181 e. The van der Waals surface area contributed by atoms with E-state index in [0.717, 1.165) is 59.9 Å². The first kappa shape index (κ1) is 16.9. The molecule has 2 N–H and O–H groups in total. The van der Waals surface area contributed by atoms with Crippen LogP contribution in [0.3, 0.4) is 0 Å². The second-order valence-electron chi connectivity index (χ2n) is 7.22. The fourth-order valence-electron chi connectivity index (χ4n) is 3.86. The fourth-order valence-corrected chi connectivity index (χ4v) is 3.86. The minimum atomic E-state index is -0.261. The molecule has 8 heteroatoms. The van der Waals surface area contributed by atoms with E-state index < -0.39 is 0 Å². The van der Waals surface area contributed by atoms with E-state index in [1.54, 1.807) is 18.5 Å². The number of hydrogen-bond donors (Lipinski definition) is 2. The first-order chi connectivity index (χ1) is 13.7. The van der Waals surface area contributed by atoms with Gasteiger partial charge in [-0.3, -0.25) is 5.10 Å². The molecule has 1 aliphatic rings. The second kappa shape index (κ2) is 6.70. The van der Waals surface area contributed by atoms with E-state index in [9.17, 15) is 4.39 Å². The van der Waals surface area contributed by atoms with Crippen molar-refractivity contribution in [3.05, 3.63) is 54.0 Å². The number of anilines is 1. The monoisotopic (exact) mass is 377 g/mol. The number of aromatic nitrogens is 6. The highest BCUT2D eigenvalue weighted by atomic mass is 19.1. The molecule has 1 aromatic carbocycles. The van der Waals surface area contributed by atoms with Gasteiger partial charge in [-0.2, -0.15) is 5.10 Å². The van der Waals surface area contributed by atoms with E-state index in [1.807, 2.05) is 6.92 Å². The largest absolute Gasteiger partial charge is 0.356 e. The molecule has 1 aliphatic heterocycles. The summed E-state index contributed by atoms with van der Waals surface area (Å²) in [5.41, 5.74) is 2.78. The number of aryl methyl sites for hydroxylation is 1. The predicted octanol–water partition coefficient (Wildman–Crippen LogP) is 3.57. The van der Waals surface area contributed by atoms with Gasteiger partial charge in [-0.25, -0.2) is 19.3 Å². The molecule has 0 spiro atoms. The highest BCUT2D eigenvalue weighted by Gasteiger charge is 2.25. The van der Waals surface area contributed by atoms with Gasteiger partial charge in [-0.1, -0.05) is 0 Å². The highest BCUT2D eigenvalue weighted by Crippen LogP contribution is 2.31. The number of rotatable bonds is 3. The third-order valence-electron chi connectivity index (χ3n) is 5.33. The van der Waals surface area contributed by atoms with Gasteiger partial charge < -0.3 is 9.88 Å². The lowest BCUT2D eigenvalue weighted by Gasteiger charge is -2.32. The number of piperidine rings is 1. The average Bonchev–Trinajstić information content (AvgIpc) is 3.34. The van der Waals surface area contributed by atoms with Crippen LogP contribution in [0, 0.1) is 12.7 Å². The molecule has 5 rings (SSSR count). The summed E-state index contributed by atoms with van der Waals surface area (Å²) < 4.78 is 13.1. The Morgan fingerprint density at radius 1 is 1.11 bits per heavy atom. The van der Waals surface area contributed by atoms with Crippen LogP contribution in [-0.2, 0) is 0 Å². The highest BCUT2D eigenvalue weighted by molar-refractivity contribution is 5.88. The maximum atomic E-state index is 13.1. The number of H-pyrrole nitrogens is 2. The molecular formula is C20H20FN7. The van der Waals surface area contributed by atoms with Crippen LogP contribution in [0.1, 0.15) is 30.3 Å². The quantitative estimate of drug-likeness (QED) is 0.570. The Hall–Kier alpha value is -3.29. The summed E-state index contributed by atoms with van der Waals surface area (Å²) in [6, 6.07) is 8.35. The van der Waals surface area contributed by atoms with Crippen LogP contribution in [0.2, 0.25) is 0 Å². The Kier molecular flexibility index (Phi) is 4.03. The van der Waals surface area contributed by atoms with Crippen LogP contribution >= 0.6 is 0 Å².